The van der Waals surface area contributed by atoms with Gasteiger partial charge in [-0.1, -0.05) is 25.5 Å². The summed E-state index contributed by atoms with van der Waals surface area (Å²) in [5.74, 6) is 0. The average Bonchev–Trinajstić information content (AvgIpc) is 2.40. The minimum Gasteiger partial charge on any atom is -0.389 e. The van der Waals surface area contributed by atoms with Gasteiger partial charge in [0.05, 0.1) is 6.10 Å². The highest BCUT2D eigenvalue weighted by Crippen LogP contribution is 2.28. The third-order valence-electron chi connectivity index (χ3n) is 3.96. The van der Waals surface area contributed by atoms with E-state index in [1.807, 2.05) is 6.92 Å². The maximum Gasteiger partial charge on any atom is 0.0761 e. The molecule has 2 heteroatoms. The summed E-state index contributed by atoms with van der Waals surface area (Å²) in [7, 11) is 0. The molecule has 0 aliphatic carbocycles. The quantitative estimate of drug-likeness (QED) is 0.872. The molecule has 0 aromatic heterocycles. The molecule has 0 bridgehead atoms. The molecule has 2 atom stereocenters. The van der Waals surface area contributed by atoms with Crippen LogP contribution >= 0.6 is 0 Å². The van der Waals surface area contributed by atoms with Crippen LogP contribution in [0.25, 0.3) is 0 Å². The number of rotatable bonds is 4. The van der Waals surface area contributed by atoms with E-state index >= 15 is 0 Å². The highest BCUT2D eigenvalue weighted by atomic mass is 16.3. The van der Waals surface area contributed by atoms with E-state index in [1.165, 1.54) is 44.3 Å². The van der Waals surface area contributed by atoms with Crippen LogP contribution < -0.4 is 4.90 Å². The van der Waals surface area contributed by atoms with Crippen LogP contribution in [0.5, 0.6) is 0 Å². The first-order valence-corrected chi connectivity index (χ1v) is 7.27. The van der Waals surface area contributed by atoms with Gasteiger partial charge >= 0.3 is 0 Å². The molecule has 0 spiro atoms. The summed E-state index contributed by atoms with van der Waals surface area (Å²) in [5.41, 5.74) is 2.32. The fraction of sp³-hybridized carbons (Fsp3) is 0.625. The normalized spacial score (nSPS) is 21.9. The molecule has 2 unspecified atom stereocenters. The van der Waals surface area contributed by atoms with Gasteiger partial charge in [0.25, 0.3) is 0 Å². The van der Waals surface area contributed by atoms with Gasteiger partial charge in [0.2, 0.25) is 0 Å². The third-order valence-corrected chi connectivity index (χ3v) is 3.96. The van der Waals surface area contributed by atoms with Gasteiger partial charge in [-0.2, -0.15) is 0 Å². The molecule has 1 saturated heterocycles. The van der Waals surface area contributed by atoms with Gasteiger partial charge in [-0.25, -0.2) is 0 Å². The van der Waals surface area contributed by atoms with Crippen molar-refractivity contribution in [2.75, 3.05) is 11.4 Å². The average molecular weight is 247 g/mol. The monoisotopic (exact) mass is 247 g/mol. The molecule has 1 N–H and O–H groups in total. The lowest BCUT2D eigenvalue weighted by Gasteiger charge is -2.37. The highest BCUT2D eigenvalue weighted by molar-refractivity contribution is 5.49. The van der Waals surface area contributed by atoms with Gasteiger partial charge in [0.15, 0.2) is 0 Å². The molecular weight excluding hydrogens is 222 g/mol. The maximum atomic E-state index is 9.55. The lowest BCUT2D eigenvalue weighted by molar-refractivity contribution is 0.199. The summed E-state index contributed by atoms with van der Waals surface area (Å²) in [4.78, 5) is 2.55. The smallest absolute Gasteiger partial charge is 0.0761 e. The van der Waals surface area contributed by atoms with Crippen molar-refractivity contribution in [2.45, 2.75) is 58.1 Å². The lowest BCUT2D eigenvalue weighted by atomic mass is 9.97. The van der Waals surface area contributed by atoms with E-state index < -0.39 is 0 Å². The van der Waals surface area contributed by atoms with Gasteiger partial charge < -0.3 is 10.0 Å². The number of hydrogen-bond donors (Lipinski definition) is 1. The first kappa shape index (κ1) is 13.4. The number of hydrogen-bond acceptors (Lipinski definition) is 2. The Balaban J connectivity index is 2.12. The number of nitrogens with zero attached hydrogens (tertiary/aromatic N) is 1. The lowest BCUT2D eigenvalue weighted by Crippen LogP contribution is -2.39. The standard InChI is InChI=1S/C16H25NO/c1-3-6-15-7-4-5-12-17(15)16-10-8-14(9-11-16)13(2)18/h8-11,13,15,18H,3-7,12H2,1-2H3. The molecule has 0 radical (unpaired) electrons. The largest absolute Gasteiger partial charge is 0.389 e. The summed E-state index contributed by atoms with van der Waals surface area (Å²) in [6.07, 6.45) is 6.18. The molecule has 0 amide bonds. The molecular formula is C16H25NO. The Bertz CT molecular complexity index is 356. The van der Waals surface area contributed by atoms with Crippen molar-refractivity contribution >= 4 is 5.69 Å². The molecule has 1 fully saturated rings. The van der Waals surface area contributed by atoms with Crippen molar-refractivity contribution in [3.05, 3.63) is 29.8 Å². The van der Waals surface area contributed by atoms with Crippen molar-refractivity contribution in [2.24, 2.45) is 0 Å². The Hall–Kier alpha value is -1.02. The summed E-state index contributed by atoms with van der Waals surface area (Å²) < 4.78 is 0. The molecule has 18 heavy (non-hydrogen) atoms. The zero-order valence-electron chi connectivity index (χ0n) is 11.6. The molecule has 0 saturated carbocycles. The van der Waals surface area contributed by atoms with Gasteiger partial charge in [-0.15, -0.1) is 0 Å². The minimum absolute atomic E-state index is 0.369. The number of anilines is 1. The Kier molecular flexibility index (Phi) is 4.65. The molecule has 2 nitrogen and oxygen atoms in total. The minimum atomic E-state index is -0.369. The van der Waals surface area contributed by atoms with Crippen molar-refractivity contribution in [1.82, 2.24) is 0 Å². The van der Waals surface area contributed by atoms with E-state index in [2.05, 4.69) is 36.1 Å². The van der Waals surface area contributed by atoms with Gasteiger partial charge in [0, 0.05) is 18.3 Å². The number of aliphatic hydroxyl groups is 1. The first-order chi connectivity index (χ1) is 8.72. The van der Waals surface area contributed by atoms with Gasteiger partial charge in [-0.3, -0.25) is 0 Å². The molecule has 1 aromatic carbocycles. The molecule has 1 aliphatic heterocycles. The second kappa shape index (κ2) is 6.24. The first-order valence-electron chi connectivity index (χ1n) is 7.27. The van der Waals surface area contributed by atoms with Crippen molar-refractivity contribution in [3.63, 3.8) is 0 Å². The zero-order valence-corrected chi connectivity index (χ0v) is 11.6. The fourth-order valence-corrected chi connectivity index (χ4v) is 2.92. The number of benzene rings is 1. The van der Waals surface area contributed by atoms with Gasteiger partial charge in [-0.05, 0) is 50.3 Å². The van der Waals surface area contributed by atoms with Crippen LogP contribution in [0.1, 0.15) is 57.6 Å². The highest BCUT2D eigenvalue weighted by Gasteiger charge is 2.21. The Morgan fingerprint density at radius 3 is 2.61 bits per heavy atom. The van der Waals surface area contributed by atoms with Crippen LogP contribution in [0, 0.1) is 0 Å². The van der Waals surface area contributed by atoms with E-state index in [1.54, 1.807) is 0 Å². The molecule has 1 heterocycles. The van der Waals surface area contributed by atoms with Crippen molar-refractivity contribution in [1.29, 1.82) is 0 Å². The SMILES string of the molecule is CCCC1CCCCN1c1ccc(C(C)O)cc1. The Morgan fingerprint density at radius 2 is 2.00 bits per heavy atom. The van der Waals surface area contributed by atoms with E-state index in [0.29, 0.717) is 6.04 Å². The van der Waals surface area contributed by atoms with E-state index in [9.17, 15) is 5.11 Å². The second-order valence-corrected chi connectivity index (χ2v) is 5.40. The summed E-state index contributed by atoms with van der Waals surface area (Å²) in [6.45, 7) is 5.26. The molecule has 100 valence electrons. The summed E-state index contributed by atoms with van der Waals surface area (Å²) in [6, 6.07) is 9.14. The predicted molar refractivity (Wildman–Crippen MR) is 77.0 cm³/mol. The molecule has 1 aliphatic rings. The predicted octanol–water partition coefficient (Wildman–Crippen LogP) is 3.90. The molecule has 1 aromatic rings. The van der Waals surface area contributed by atoms with Crippen LogP contribution in [0.2, 0.25) is 0 Å². The van der Waals surface area contributed by atoms with Crippen LogP contribution in [0.15, 0.2) is 24.3 Å². The van der Waals surface area contributed by atoms with Gasteiger partial charge in [0.1, 0.15) is 0 Å². The van der Waals surface area contributed by atoms with E-state index in [4.69, 9.17) is 0 Å². The topological polar surface area (TPSA) is 23.5 Å². The third kappa shape index (κ3) is 3.05. The Labute approximate surface area is 111 Å². The van der Waals surface area contributed by atoms with Crippen LogP contribution in [-0.4, -0.2) is 17.7 Å². The molecule has 2 rings (SSSR count). The second-order valence-electron chi connectivity index (χ2n) is 5.40. The number of piperidine rings is 1. The zero-order chi connectivity index (χ0) is 13.0. The van der Waals surface area contributed by atoms with E-state index in [-0.39, 0.29) is 6.10 Å². The van der Waals surface area contributed by atoms with Crippen LogP contribution in [0.4, 0.5) is 5.69 Å². The Morgan fingerprint density at radius 1 is 1.28 bits per heavy atom. The fourth-order valence-electron chi connectivity index (χ4n) is 2.92. The van der Waals surface area contributed by atoms with Crippen molar-refractivity contribution < 1.29 is 5.11 Å². The van der Waals surface area contributed by atoms with Crippen LogP contribution in [-0.2, 0) is 0 Å². The summed E-state index contributed by atoms with van der Waals surface area (Å²) >= 11 is 0. The maximum absolute atomic E-state index is 9.55. The van der Waals surface area contributed by atoms with E-state index in [0.717, 1.165) is 5.56 Å². The number of aliphatic hydroxyl groups excluding tert-OH is 1. The van der Waals surface area contributed by atoms with Crippen molar-refractivity contribution in [3.8, 4) is 0 Å². The summed E-state index contributed by atoms with van der Waals surface area (Å²) in [5, 5.41) is 9.55. The van der Waals surface area contributed by atoms with Crippen LogP contribution in [0.3, 0.4) is 0 Å².